The normalized spacial score (nSPS) is 20.1. The third-order valence-corrected chi connectivity index (χ3v) is 6.33. The highest BCUT2D eigenvalue weighted by atomic mass is 16.5. The number of unbranched alkanes of at least 4 members (excludes halogenated alkanes) is 2. The molecule has 0 aromatic carbocycles. The van der Waals surface area contributed by atoms with Gasteiger partial charge >= 0.3 is 0 Å². The van der Waals surface area contributed by atoms with Crippen molar-refractivity contribution in [2.75, 3.05) is 47.5 Å². The first kappa shape index (κ1) is 45.4. The van der Waals surface area contributed by atoms with Crippen LogP contribution < -0.4 is 0 Å². The summed E-state index contributed by atoms with van der Waals surface area (Å²) in [7, 11) is 5.97. The minimum absolute atomic E-state index is 0.527. The van der Waals surface area contributed by atoms with Crippen molar-refractivity contribution in [2.24, 2.45) is 5.41 Å². The second kappa shape index (κ2) is 34.5. The van der Waals surface area contributed by atoms with Gasteiger partial charge in [0.25, 0.3) is 0 Å². The van der Waals surface area contributed by atoms with Gasteiger partial charge in [-0.15, -0.1) is 0 Å². The van der Waals surface area contributed by atoms with E-state index in [9.17, 15) is 0 Å². The summed E-state index contributed by atoms with van der Waals surface area (Å²) in [5.74, 6) is 0. The molecule has 5 heteroatoms. The maximum Gasteiger partial charge on any atom is 0.106 e. The summed E-state index contributed by atoms with van der Waals surface area (Å²) in [5.41, 5.74) is 0.690. The first-order chi connectivity index (χ1) is 17.7. The Balaban J connectivity index is -0.000000198. The van der Waals surface area contributed by atoms with E-state index in [0.717, 1.165) is 18.7 Å². The molecule has 1 spiro atoms. The van der Waals surface area contributed by atoms with Gasteiger partial charge < -0.3 is 24.1 Å². The molecule has 1 heterocycles. The predicted molar refractivity (Wildman–Crippen MR) is 164 cm³/mol. The van der Waals surface area contributed by atoms with Crippen molar-refractivity contribution in [3.8, 4) is 0 Å². The Morgan fingerprint density at radius 2 is 1.19 bits per heavy atom. The largest absolute Gasteiger partial charge is 0.385 e. The van der Waals surface area contributed by atoms with Crippen LogP contribution in [0, 0.1) is 5.41 Å². The van der Waals surface area contributed by atoms with Crippen LogP contribution in [0.2, 0.25) is 0 Å². The summed E-state index contributed by atoms with van der Waals surface area (Å²) in [4.78, 5) is 13.3. The quantitative estimate of drug-likeness (QED) is 0.286. The molecule has 1 saturated heterocycles. The van der Waals surface area contributed by atoms with Crippen LogP contribution in [0.15, 0.2) is 0 Å². The van der Waals surface area contributed by atoms with Crippen LogP contribution in [0.25, 0.3) is 0 Å². The fraction of sp³-hybridized carbons (Fsp3) is 0.968. The Bertz CT molecular complexity index is 363. The Morgan fingerprint density at radius 1 is 0.750 bits per heavy atom. The third-order valence-electron chi connectivity index (χ3n) is 6.33. The summed E-state index contributed by atoms with van der Waals surface area (Å²) >= 11 is 0. The summed E-state index contributed by atoms with van der Waals surface area (Å²) < 4.78 is 10.5. The summed E-state index contributed by atoms with van der Waals surface area (Å²) in [6.45, 7) is 30.9. The first-order valence-electron chi connectivity index (χ1n) is 15.4. The van der Waals surface area contributed by atoms with Gasteiger partial charge in [-0.3, -0.25) is 0 Å². The summed E-state index contributed by atoms with van der Waals surface area (Å²) in [6.07, 6.45) is 9.73. The number of likely N-dealkylation sites (tertiary alicyclic amines) is 1. The molecule has 0 aromatic heterocycles. The molecule has 0 atom stereocenters. The van der Waals surface area contributed by atoms with Gasteiger partial charge in [-0.25, -0.2) is 0 Å². The minimum Gasteiger partial charge on any atom is -0.385 e. The van der Waals surface area contributed by atoms with E-state index in [0.29, 0.717) is 11.5 Å². The molecule has 0 amide bonds. The zero-order valence-electron chi connectivity index (χ0n) is 27.8. The molecule has 2 saturated carbocycles. The van der Waals surface area contributed by atoms with Crippen LogP contribution in [0.3, 0.4) is 0 Å². The van der Waals surface area contributed by atoms with Crippen LogP contribution in [0.4, 0.5) is 0 Å². The lowest BCUT2D eigenvalue weighted by Crippen LogP contribution is -2.67. The lowest BCUT2D eigenvalue weighted by Gasteiger charge is -2.62. The Kier molecular flexibility index (Phi) is 43.6. The van der Waals surface area contributed by atoms with Crippen molar-refractivity contribution in [3.63, 3.8) is 0 Å². The van der Waals surface area contributed by atoms with Gasteiger partial charge in [0.15, 0.2) is 0 Å². The molecule has 0 radical (unpaired) electrons. The topological polar surface area (TPSA) is 42.0 Å². The van der Waals surface area contributed by atoms with Crippen molar-refractivity contribution >= 4 is 6.79 Å². The number of nitrogens with zero attached hydrogens (tertiary/aromatic N) is 2. The number of hydrogen-bond donors (Lipinski definition) is 0. The average Bonchev–Trinajstić information content (AvgIpc) is 2.91. The van der Waals surface area contributed by atoms with Crippen LogP contribution >= 0.6 is 0 Å². The third kappa shape index (κ3) is 17.9. The first-order valence-corrected chi connectivity index (χ1v) is 15.4. The van der Waals surface area contributed by atoms with Gasteiger partial charge in [-0.2, -0.15) is 0 Å². The van der Waals surface area contributed by atoms with Gasteiger partial charge in [0.2, 0.25) is 0 Å². The van der Waals surface area contributed by atoms with E-state index in [4.69, 9.17) is 14.3 Å². The molecule has 0 N–H and O–H groups in total. The maximum absolute atomic E-state index is 8.00. The van der Waals surface area contributed by atoms with E-state index in [1.807, 2.05) is 97.0 Å². The van der Waals surface area contributed by atoms with Crippen LogP contribution in [-0.4, -0.2) is 82.3 Å². The Hall–Kier alpha value is -0.490. The number of methoxy groups -OCH3 is 2. The molecule has 3 aliphatic rings. The highest BCUT2D eigenvalue weighted by Crippen LogP contribution is 2.51. The monoisotopic (exact) mass is 521 g/mol. The summed E-state index contributed by atoms with van der Waals surface area (Å²) in [6, 6.07) is 1.62. The van der Waals surface area contributed by atoms with E-state index in [2.05, 4.69) is 16.8 Å². The van der Waals surface area contributed by atoms with E-state index in [-0.39, 0.29) is 0 Å². The number of ether oxygens (including phenoxy) is 2. The highest BCUT2D eigenvalue weighted by Gasteiger charge is 2.54. The summed E-state index contributed by atoms with van der Waals surface area (Å²) in [5, 5.41) is 0. The molecular formula is C31H72N2O3. The fourth-order valence-corrected chi connectivity index (χ4v) is 4.67. The molecule has 1 aliphatic heterocycles. The molecule has 3 fully saturated rings. The van der Waals surface area contributed by atoms with E-state index in [1.54, 1.807) is 7.11 Å². The fourth-order valence-electron chi connectivity index (χ4n) is 4.67. The average molecular weight is 521 g/mol. The van der Waals surface area contributed by atoms with E-state index >= 15 is 0 Å². The van der Waals surface area contributed by atoms with Crippen LogP contribution in [0.1, 0.15) is 128 Å². The van der Waals surface area contributed by atoms with Crippen molar-refractivity contribution < 1.29 is 14.3 Å². The Labute approximate surface area is 230 Å². The van der Waals surface area contributed by atoms with Crippen LogP contribution in [0.5, 0.6) is 0 Å². The highest BCUT2D eigenvalue weighted by molar-refractivity contribution is 5.11. The van der Waals surface area contributed by atoms with Gasteiger partial charge in [-0.05, 0) is 64.0 Å². The molecule has 3 rings (SSSR count). The van der Waals surface area contributed by atoms with Crippen LogP contribution in [-0.2, 0) is 14.3 Å². The van der Waals surface area contributed by atoms with Crippen molar-refractivity contribution in [2.45, 2.75) is 146 Å². The molecule has 0 bridgehead atoms. The minimum atomic E-state index is 0.527. The lowest BCUT2D eigenvalue weighted by atomic mass is 9.59. The molecule has 5 nitrogen and oxygen atoms in total. The Morgan fingerprint density at radius 3 is 1.58 bits per heavy atom. The van der Waals surface area contributed by atoms with Crippen molar-refractivity contribution in [1.82, 2.24) is 9.80 Å². The van der Waals surface area contributed by atoms with Crippen molar-refractivity contribution in [1.29, 1.82) is 0 Å². The molecule has 0 aromatic rings. The zero-order chi connectivity index (χ0) is 29.6. The number of rotatable bonds is 9. The molecule has 0 unspecified atom stereocenters. The molecular weight excluding hydrogens is 448 g/mol. The smallest absolute Gasteiger partial charge is 0.106 e. The van der Waals surface area contributed by atoms with Gasteiger partial charge in [-0.1, -0.05) is 83.1 Å². The standard InChI is InChI=1S/C18H34N2O2.6C2H6.CH2O/c1-19(15-9-17(10-15)22-3)16-11-18(12-16)13-20(14-18)7-5-4-6-8-21-2;7*1-2/h15-17H,4-14H2,1-3H3;6*1-2H3;1H2. The van der Waals surface area contributed by atoms with Crippen molar-refractivity contribution in [3.05, 3.63) is 0 Å². The number of carbonyl (C=O) groups excluding carboxylic acids is 1. The zero-order valence-corrected chi connectivity index (χ0v) is 27.8. The van der Waals surface area contributed by atoms with E-state index < -0.39 is 0 Å². The maximum atomic E-state index is 8.00. The van der Waals surface area contributed by atoms with Gasteiger partial charge in [0.1, 0.15) is 6.79 Å². The lowest BCUT2D eigenvalue weighted by molar-refractivity contribution is -0.128. The number of hydrogen-bond acceptors (Lipinski definition) is 5. The predicted octanol–water partition coefficient (Wildman–Crippen LogP) is 8.35. The van der Waals surface area contributed by atoms with E-state index in [1.165, 1.54) is 64.6 Å². The second-order valence-electron chi connectivity index (χ2n) is 7.97. The SMILES string of the molecule is C=O.CC.CC.CC.CC.CC.CC.COCCCCCN1CC2(CC(N(C)C3CC(OC)C3)C2)C1. The molecule has 2 aliphatic carbocycles. The molecule has 224 valence electrons. The van der Waals surface area contributed by atoms with Gasteiger partial charge in [0, 0.05) is 46.0 Å². The molecule has 36 heavy (non-hydrogen) atoms. The number of carbonyl (C=O) groups is 1. The van der Waals surface area contributed by atoms with Gasteiger partial charge in [0.05, 0.1) is 6.10 Å². The second-order valence-corrected chi connectivity index (χ2v) is 7.97.